The van der Waals surface area contributed by atoms with Crippen LogP contribution in [0.2, 0.25) is 0 Å². The summed E-state index contributed by atoms with van der Waals surface area (Å²) < 4.78 is 5.26. The van der Waals surface area contributed by atoms with E-state index in [-0.39, 0.29) is 18.0 Å². The van der Waals surface area contributed by atoms with Crippen molar-refractivity contribution in [2.75, 3.05) is 26.7 Å². The maximum Gasteiger partial charge on any atom is 0.234 e. The molecular formula is C16H27N3O2. The molecule has 1 aromatic rings. The third-order valence-electron chi connectivity index (χ3n) is 3.35. The summed E-state index contributed by atoms with van der Waals surface area (Å²) in [6.07, 6.45) is 0. The number of ether oxygens (including phenoxy) is 1. The highest BCUT2D eigenvalue weighted by atomic mass is 16.5. The molecule has 1 rings (SSSR count). The van der Waals surface area contributed by atoms with E-state index in [9.17, 15) is 4.79 Å². The van der Waals surface area contributed by atoms with Crippen molar-refractivity contribution in [2.45, 2.75) is 32.9 Å². The van der Waals surface area contributed by atoms with Gasteiger partial charge in [0.15, 0.2) is 0 Å². The first-order chi connectivity index (χ1) is 10.0. The highest BCUT2D eigenvalue weighted by Gasteiger charge is 2.20. The predicted molar refractivity (Wildman–Crippen MR) is 85.3 cm³/mol. The molecule has 0 saturated heterocycles. The van der Waals surface area contributed by atoms with Gasteiger partial charge in [-0.3, -0.25) is 9.69 Å². The molecular weight excluding hydrogens is 266 g/mol. The number of nitrogens with zero attached hydrogens (tertiary/aromatic N) is 1. The van der Waals surface area contributed by atoms with Crippen LogP contribution < -0.4 is 15.8 Å². The summed E-state index contributed by atoms with van der Waals surface area (Å²) >= 11 is 0. The Kier molecular flexibility index (Phi) is 7.19. The Morgan fingerprint density at radius 2 is 2.14 bits per heavy atom. The van der Waals surface area contributed by atoms with Gasteiger partial charge in [-0.25, -0.2) is 0 Å². The van der Waals surface area contributed by atoms with Gasteiger partial charge in [0.2, 0.25) is 5.91 Å². The summed E-state index contributed by atoms with van der Waals surface area (Å²) in [5.41, 5.74) is 7.00. The highest BCUT2D eigenvalue weighted by Crippen LogP contribution is 2.23. The van der Waals surface area contributed by atoms with Crippen molar-refractivity contribution in [3.05, 3.63) is 29.8 Å². The third-order valence-corrected chi connectivity index (χ3v) is 3.35. The molecule has 0 spiro atoms. The molecule has 0 aromatic heterocycles. The average molecular weight is 293 g/mol. The van der Waals surface area contributed by atoms with Crippen LogP contribution in [0.5, 0.6) is 5.75 Å². The second kappa shape index (κ2) is 8.64. The SMILES string of the molecule is CCN(CC(=O)NC(C)C)C(CN)c1cccc(OC)c1. The van der Waals surface area contributed by atoms with E-state index in [1.165, 1.54) is 0 Å². The van der Waals surface area contributed by atoms with Gasteiger partial charge in [-0.1, -0.05) is 19.1 Å². The Bertz CT molecular complexity index is 449. The van der Waals surface area contributed by atoms with Gasteiger partial charge in [0, 0.05) is 18.6 Å². The molecule has 0 radical (unpaired) electrons. The quantitative estimate of drug-likeness (QED) is 0.763. The molecule has 0 aliphatic heterocycles. The number of hydrogen-bond donors (Lipinski definition) is 2. The number of rotatable bonds is 8. The molecule has 1 amide bonds. The molecule has 1 atom stereocenters. The van der Waals surface area contributed by atoms with Crippen LogP contribution in [0.15, 0.2) is 24.3 Å². The van der Waals surface area contributed by atoms with Crippen LogP contribution in [0, 0.1) is 0 Å². The Morgan fingerprint density at radius 3 is 2.67 bits per heavy atom. The van der Waals surface area contributed by atoms with Crippen LogP contribution >= 0.6 is 0 Å². The van der Waals surface area contributed by atoms with Crippen molar-refractivity contribution in [3.63, 3.8) is 0 Å². The second-order valence-corrected chi connectivity index (χ2v) is 5.31. The molecule has 21 heavy (non-hydrogen) atoms. The first kappa shape index (κ1) is 17.5. The van der Waals surface area contributed by atoms with E-state index in [4.69, 9.17) is 10.5 Å². The zero-order valence-electron chi connectivity index (χ0n) is 13.4. The molecule has 0 heterocycles. The lowest BCUT2D eigenvalue weighted by molar-refractivity contribution is -0.123. The number of carbonyl (C=O) groups excluding carboxylic acids is 1. The summed E-state index contributed by atoms with van der Waals surface area (Å²) in [4.78, 5) is 14.1. The van der Waals surface area contributed by atoms with E-state index in [0.29, 0.717) is 13.1 Å². The van der Waals surface area contributed by atoms with E-state index < -0.39 is 0 Å². The van der Waals surface area contributed by atoms with Crippen molar-refractivity contribution in [3.8, 4) is 5.75 Å². The number of methoxy groups -OCH3 is 1. The summed E-state index contributed by atoms with van der Waals surface area (Å²) in [6.45, 7) is 7.49. The molecule has 0 fully saturated rings. The average Bonchev–Trinajstić information content (AvgIpc) is 2.46. The third kappa shape index (κ3) is 5.36. The van der Waals surface area contributed by atoms with Gasteiger partial charge in [0.05, 0.1) is 13.7 Å². The van der Waals surface area contributed by atoms with Gasteiger partial charge in [-0.05, 0) is 38.1 Å². The molecule has 1 unspecified atom stereocenters. The van der Waals surface area contributed by atoms with Crippen molar-refractivity contribution < 1.29 is 9.53 Å². The number of amides is 1. The lowest BCUT2D eigenvalue weighted by Gasteiger charge is -2.30. The van der Waals surface area contributed by atoms with E-state index in [1.807, 2.05) is 45.0 Å². The largest absolute Gasteiger partial charge is 0.497 e. The fraction of sp³-hybridized carbons (Fsp3) is 0.562. The standard InChI is InChI=1S/C16H27N3O2/c1-5-19(11-16(20)18-12(2)3)15(10-17)13-7-6-8-14(9-13)21-4/h6-9,12,15H,5,10-11,17H2,1-4H3,(H,18,20). The van der Waals surface area contributed by atoms with E-state index >= 15 is 0 Å². The minimum Gasteiger partial charge on any atom is -0.497 e. The van der Waals surface area contributed by atoms with Crippen LogP contribution in [0.4, 0.5) is 0 Å². The van der Waals surface area contributed by atoms with Gasteiger partial charge < -0.3 is 15.8 Å². The van der Waals surface area contributed by atoms with Gasteiger partial charge in [-0.15, -0.1) is 0 Å². The van der Waals surface area contributed by atoms with E-state index in [1.54, 1.807) is 7.11 Å². The molecule has 0 saturated carbocycles. The number of benzene rings is 1. The summed E-state index contributed by atoms with van der Waals surface area (Å²) in [7, 11) is 1.64. The molecule has 3 N–H and O–H groups in total. The number of carbonyl (C=O) groups is 1. The van der Waals surface area contributed by atoms with Gasteiger partial charge in [-0.2, -0.15) is 0 Å². The van der Waals surface area contributed by atoms with E-state index in [2.05, 4.69) is 10.2 Å². The first-order valence-electron chi connectivity index (χ1n) is 7.39. The molecule has 5 heteroatoms. The highest BCUT2D eigenvalue weighted by molar-refractivity contribution is 5.78. The lowest BCUT2D eigenvalue weighted by atomic mass is 10.0. The smallest absolute Gasteiger partial charge is 0.234 e. The molecule has 1 aromatic carbocycles. The van der Waals surface area contributed by atoms with Crippen molar-refractivity contribution in [1.29, 1.82) is 0 Å². The maximum atomic E-state index is 12.0. The number of likely N-dealkylation sites (N-methyl/N-ethyl adjacent to an activating group) is 1. The monoisotopic (exact) mass is 293 g/mol. The van der Waals surface area contributed by atoms with Crippen molar-refractivity contribution in [2.24, 2.45) is 5.73 Å². The Labute approximate surface area is 127 Å². The normalized spacial score (nSPS) is 12.5. The minimum atomic E-state index is 0.00279. The van der Waals surface area contributed by atoms with Crippen LogP contribution in [-0.4, -0.2) is 43.6 Å². The summed E-state index contributed by atoms with van der Waals surface area (Å²) in [5, 5.41) is 2.91. The zero-order valence-corrected chi connectivity index (χ0v) is 13.4. The predicted octanol–water partition coefficient (Wildman–Crippen LogP) is 1.54. The fourth-order valence-corrected chi connectivity index (χ4v) is 2.34. The number of nitrogens with two attached hydrogens (primary N) is 1. The van der Waals surface area contributed by atoms with Crippen LogP contribution in [-0.2, 0) is 4.79 Å². The molecule has 0 aliphatic rings. The van der Waals surface area contributed by atoms with Gasteiger partial charge in [0.1, 0.15) is 5.75 Å². The first-order valence-corrected chi connectivity index (χ1v) is 7.39. The zero-order chi connectivity index (χ0) is 15.8. The van der Waals surface area contributed by atoms with Gasteiger partial charge >= 0.3 is 0 Å². The number of hydrogen-bond acceptors (Lipinski definition) is 4. The minimum absolute atomic E-state index is 0.00279. The molecule has 0 bridgehead atoms. The molecule has 0 aliphatic carbocycles. The number of nitrogens with one attached hydrogen (secondary N) is 1. The Balaban J connectivity index is 2.86. The summed E-state index contributed by atoms with van der Waals surface area (Å²) in [5.74, 6) is 0.821. The second-order valence-electron chi connectivity index (χ2n) is 5.31. The van der Waals surface area contributed by atoms with Crippen LogP contribution in [0.3, 0.4) is 0 Å². The van der Waals surface area contributed by atoms with Gasteiger partial charge in [0.25, 0.3) is 0 Å². The summed E-state index contributed by atoms with van der Waals surface area (Å²) in [6, 6.07) is 7.98. The Morgan fingerprint density at radius 1 is 1.43 bits per heavy atom. The molecule has 118 valence electrons. The van der Waals surface area contributed by atoms with Crippen LogP contribution in [0.25, 0.3) is 0 Å². The van der Waals surface area contributed by atoms with Crippen LogP contribution in [0.1, 0.15) is 32.4 Å². The van der Waals surface area contributed by atoms with E-state index in [0.717, 1.165) is 17.9 Å². The fourth-order valence-electron chi connectivity index (χ4n) is 2.34. The topological polar surface area (TPSA) is 67.6 Å². The maximum absolute atomic E-state index is 12.0. The van der Waals surface area contributed by atoms with Crippen molar-refractivity contribution >= 4 is 5.91 Å². The van der Waals surface area contributed by atoms with Crippen molar-refractivity contribution in [1.82, 2.24) is 10.2 Å². The molecule has 5 nitrogen and oxygen atoms in total. The lowest BCUT2D eigenvalue weighted by Crippen LogP contribution is -2.43. The Hall–Kier alpha value is -1.59.